The van der Waals surface area contributed by atoms with Crippen molar-refractivity contribution in [3.8, 4) is 0 Å². The lowest BCUT2D eigenvalue weighted by Gasteiger charge is -2.22. The van der Waals surface area contributed by atoms with Gasteiger partial charge in [0.05, 0.1) is 7.11 Å². The van der Waals surface area contributed by atoms with Gasteiger partial charge in [0.2, 0.25) is 0 Å². The number of hydrogen-bond donors (Lipinski definition) is 1. The third kappa shape index (κ3) is 1.50. The molecule has 0 spiro atoms. The molecule has 0 radical (unpaired) electrons. The Morgan fingerprint density at radius 1 is 1.58 bits per heavy atom. The number of urea groups is 1. The van der Waals surface area contributed by atoms with Crippen LogP contribution in [0.25, 0.3) is 0 Å². The summed E-state index contributed by atoms with van der Waals surface area (Å²) in [4.78, 5) is 12.8. The van der Waals surface area contributed by atoms with Crippen LogP contribution in [0.2, 0.25) is 0 Å². The van der Waals surface area contributed by atoms with Crippen LogP contribution in [0.3, 0.4) is 0 Å². The van der Waals surface area contributed by atoms with E-state index in [-0.39, 0.29) is 6.03 Å². The summed E-state index contributed by atoms with van der Waals surface area (Å²) in [5.74, 6) is 0.567. The molecule has 2 amide bonds. The van der Waals surface area contributed by atoms with Crippen molar-refractivity contribution in [3.63, 3.8) is 0 Å². The van der Waals surface area contributed by atoms with Gasteiger partial charge in [0, 0.05) is 20.6 Å². The first-order valence-electron chi connectivity index (χ1n) is 3.66. The maximum Gasteiger partial charge on any atom is 0.340 e. The number of carbonyl (C=O) groups is 1. The van der Waals surface area contributed by atoms with Gasteiger partial charge in [0.25, 0.3) is 0 Å². The van der Waals surface area contributed by atoms with Crippen LogP contribution < -0.4 is 5.43 Å². The summed E-state index contributed by atoms with van der Waals surface area (Å²) >= 11 is 0. The predicted octanol–water partition coefficient (Wildman–Crippen LogP) is -0.0240. The van der Waals surface area contributed by atoms with Gasteiger partial charge in [-0.2, -0.15) is 0 Å². The van der Waals surface area contributed by atoms with Crippen LogP contribution in [-0.2, 0) is 4.74 Å². The van der Waals surface area contributed by atoms with Gasteiger partial charge >= 0.3 is 6.03 Å². The Labute approximate surface area is 71.5 Å². The van der Waals surface area contributed by atoms with Crippen LogP contribution >= 0.6 is 0 Å². The molecular formula is C7H13N3O2. The molecule has 5 heteroatoms. The van der Waals surface area contributed by atoms with E-state index in [0.717, 1.165) is 0 Å². The van der Waals surface area contributed by atoms with Crippen LogP contribution in [0.5, 0.6) is 0 Å². The van der Waals surface area contributed by atoms with E-state index >= 15 is 0 Å². The lowest BCUT2D eigenvalue weighted by Crippen LogP contribution is -2.43. The number of nitrogens with zero attached hydrogens (tertiary/aromatic N) is 2. The van der Waals surface area contributed by atoms with E-state index < -0.39 is 0 Å². The molecule has 0 aromatic carbocycles. The van der Waals surface area contributed by atoms with Gasteiger partial charge in [-0.15, -0.1) is 0 Å². The predicted molar refractivity (Wildman–Crippen MR) is 44.0 cm³/mol. The number of amides is 2. The van der Waals surface area contributed by atoms with Gasteiger partial charge in [-0.1, -0.05) is 0 Å². The van der Waals surface area contributed by atoms with E-state index in [1.807, 2.05) is 0 Å². The Morgan fingerprint density at radius 3 is 2.83 bits per heavy atom. The summed E-state index contributed by atoms with van der Waals surface area (Å²) in [6, 6.07) is -0.138. The van der Waals surface area contributed by atoms with Crippen LogP contribution in [0.15, 0.2) is 12.0 Å². The maximum atomic E-state index is 11.4. The van der Waals surface area contributed by atoms with E-state index in [2.05, 4.69) is 5.43 Å². The molecule has 0 fully saturated rings. The van der Waals surface area contributed by atoms with Gasteiger partial charge in [0.1, 0.15) is 0 Å². The molecule has 0 aromatic rings. The minimum Gasteiger partial charge on any atom is -0.482 e. The largest absolute Gasteiger partial charge is 0.482 e. The van der Waals surface area contributed by atoms with E-state index in [1.54, 1.807) is 27.3 Å². The summed E-state index contributed by atoms with van der Waals surface area (Å²) in [5, 5.41) is 1.42. The molecule has 1 N–H and O–H groups in total. The number of nitrogens with one attached hydrogen (secondary N) is 1. The summed E-state index contributed by atoms with van der Waals surface area (Å²) < 4.78 is 5.00. The highest BCUT2D eigenvalue weighted by Gasteiger charge is 2.20. The van der Waals surface area contributed by atoms with Crippen LogP contribution in [-0.4, -0.2) is 43.7 Å². The SMILES string of the molecule is COC1=CCNN(C)C(=O)N1C. The Bertz CT molecular complexity index is 215. The standard InChI is InChI=1S/C7H13N3O2/c1-9-6(12-3)4-5-8-10(2)7(9)11/h4,8H,5H2,1-3H3. The Kier molecular flexibility index (Phi) is 2.54. The zero-order chi connectivity index (χ0) is 9.14. The van der Waals surface area contributed by atoms with Gasteiger partial charge < -0.3 is 4.74 Å². The minimum atomic E-state index is -0.138. The molecule has 1 rings (SSSR count). The zero-order valence-electron chi connectivity index (χ0n) is 7.50. The smallest absolute Gasteiger partial charge is 0.340 e. The molecule has 0 saturated carbocycles. The van der Waals surface area contributed by atoms with Crippen LogP contribution in [0.1, 0.15) is 0 Å². The first-order chi connectivity index (χ1) is 5.66. The Balaban J connectivity index is 2.79. The fraction of sp³-hybridized carbons (Fsp3) is 0.571. The minimum absolute atomic E-state index is 0.138. The molecular weight excluding hydrogens is 158 g/mol. The molecule has 12 heavy (non-hydrogen) atoms. The van der Waals surface area contributed by atoms with Crippen LogP contribution in [0.4, 0.5) is 4.79 Å². The van der Waals surface area contributed by atoms with Crippen molar-refractivity contribution >= 4 is 6.03 Å². The maximum absolute atomic E-state index is 11.4. The molecule has 68 valence electrons. The Hall–Kier alpha value is -1.23. The first-order valence-corrected chi connectivity index (χ1v) is 3.66. The lowest BCUT2D eigenvalue weighted by molar-refractivity contribution is 0.139. The summed E-state index contributed by atoms with van der Waals surface area (Å²) in [5.41, 5.74) is 2.87. The van der Waals surface area contributed by atoms with E-state index in [0.29, 0.717) is 12.4 Å². The molecule has 0 aliphatic carbocycles. The highest BCUT2D eigenvalue weighted by Crippen LogP contribution is 2.06. The summed E-state index contributed by atoms with van der Waals surface area (Å²) in [7, 11) is 4.88. The van der Waals surface area contributed by atoms with Crippen molar-refractivity contribution < 1.29 is 9.53 Å². The number of hydrazine groups is 1. The van der Waals surface area contributed by atoms with Crippen LogP contribution in [0, 0.1) is 0 Å². The van der Waals surface area contributed by atoms with Crippen molar-refractivity contribution in [1.82, 2.24) is 15.3 Å². The molecule has 0 atom stereocenters. The summed E-state index contributed by atoms with van der Waals surface area (Å²) in [6.45, 7) is 0.593. The van der Waals surface area contributed by atoms with Gasteiger partial charge in [-0.25, -0.2) is 10.2 Å². The van der Waals surface area contributed by atoms with Gasteiger partial charge in [-0.05, 0) is 6.08 Å². The second kappa shape index (κ2) is 3.44. The third-order valence-corrected chi connectivity index (χ3v) is 1.72. The molecule has 0 saturated heterocycles. The second-order valence-electron chi connectivity index (χ2n) is 2.51. The average molecular weight is 171 g/mol. The molecule has 5 nitrogen and oxygen atoms in total. The molecule has 0 aromatic heterocycles. The number of methoxy groups -OCH3 is 1. The molecule has 0 bridgehead atoms. The quantitative estimate of drug-likeness (QED) is 0.603. The monoisotopic (exact) mass is 171 g/mol. The van der Waals surface area contributed by atoms with Crippen molar-refractivity contribution in [2.45, 2.75) is 0 Å². The highest BCUT2D eigenvalue weighted by atomic mass is 16.5. The average Bonchev–Trinajstić information content (AvgIpc) is 2.19. The summed E-state index contributed by atoms with van der Waals surface area (Å²) in [6.07, 6.45) is 1.81. The second-order valence-corrected chi connectivity index (χ2v) is 2.51. The van der Waals surface area contributed by atoms with Crippen molar-refractivity contribution in [3.05, 3.63) is 12.0 Å². The number of rotatable bonds is 1. The third-order valence-electron chi connectivity index (χ3n) is 1.72. The van der Waals surface area contributed by atoms with E-state index in [9.17, 15) is 4.79 Å². The lowest BCUT2D eigenvalue weighted by atomic mass is 10.5. The molecule has 1 heterocycles. The van der Waals surface area contributed by atoms with Crippen molar-refractivity contribution in [1.29, 1.82) is 0 Å². The normalized spacial score (nSPS) is 18.9. The van der Waals surface area contributed by atoms with E-state index in [4.69, 9.17) is 4.74 Å². The van der Waals surface area contributed by atoms with Crippen molar-refractivity contribution in [2.75, 3.05) is 27.7 Å². The fourth-order valence-electron chi connectivity index (χ4n) is 1.01. The van der Waals surface area contributed by atoms with Gasteiger partial charge in [-0.3, -0.25) is 9.91 Å². The molecule has 1 aliphatic rings. The fourth-order valence-corrected chi connectivity index (χ4v) is 1.01. The Morgan fingerprint density at radius 2 is 2.25 bits per heavy atom. The van der Waals surface area contributed by atoms with E-state index in [1.165, 1.54) is 9.91 Å². The first kappa shape index (κ1) is 8.86. The van der Waals surface area contributed by atoms with Crippen molar-refractivity contribution in [2.24, 2.45) is 0 Å². The molecule has 1 aliphatic heterocycles. The number of ether oxygens (including phenoxy) is 1. The molecule has 0 unspecified atom stereocenters. The van der Waals surface area contributed by atoms with Gasteiger partial charge in [0.15, 0.2) is 5.88 Å². The number of carbonyl (C=O) groups excluding carboxylic acids is 1. The topological polar surface area (TPSA) is 44.8 Å². The number of hydrogen-bond acceptors (Lipinski definition) is 3. The zero-order valence-corrected chi connectivity index (χ0v) is 7.50. The highest BCUT2D eigenvalue weighted by molar-refractivity contribution is 5.75.